The predicted octanol–water partition coefficient (Wildman–Crippen LogP) is 6.29. The number of furan rings is 1. The highest BCUT2D eigenvalue weighted by atomic mass is 32.2. The van der Waals surface area contributed by atoms with Gasteiger partial charge in [0.2, 0.25) is 0 Å². The van der Waals surface area contributed by atoms with Gasteiger partial charge in [-0.05, 0) is 67.6 Å². The van der Waals surface area contributed by atoms with Crippen LogP contribution in [0.3, 0.4) is 0 Å². The number of aliphatic imine (C=N–C) groups is 1. The van der Waals surface area contributed by atoms with E-state index in [1.807, 2.05) is 49.4 Å². The molecule has 0 saturated heterocycles. The van der Waals surface area contributed by atoms with Crippen LogP contribution in [0.4, 0.5) is 10.1 Å². The van der Waals surface area contributed by atoms with Crippen molar-refractivity contribution >= 4 is 29.1 Å². The van der Waals surface area contributed by atoms with Crippen molar-refractivity contribution in [3.63, 3.8) is 0 Å². The van der Waals surface area contributed by atoms with E-state index in [2.05, 4.69) is 5.32 Å². The summed E-state index contributed by atoms with van der Waals surface area (Å²) in [6, 6.07) is 23.5. The van der Waals surface area contributed by atoms with Crippen LogP contribution in [0.25, 0.3) is 0 Å². The fourth-order valence-corrected chi connectivity index (χ4v) is 4.56. The molecule has 32 heavy (non-hydrogen) atoms. The lowest BCUT2D eigenvalue weighted by molar-refractivity contribution is 0.0948. The second-order valence-electron chi connectivity index (χ2n) is 7.44. The molecule has 0 fully saturated rings. The van der Waals surface area contributed by atoms with Gasteiger partial charge in [0.05, 0.1) is 17.9 Å². The maximum absolute atomic E-state index is 13.5. The molecule has 6 heteroatoms. The average molecular weight is 443 g/mol. The minimum atomic E-state index is -0.295. The lowest BCUT2D eigenvalue weighted by Gasteiger charge is -2.08. The van der Waals surface area contributed by atoms with Crippen molar-refractivity contribution in [2.24, 2.45) is 4.99 Å². The number of benzene rings is 3. The first-order valence-electron chi connectivity index (χ1n) is 10.2. The van der Waals surface area contributed by atoms with Gasteiger partial charge in [-0.3, -0.25) is 4.79 Å². The largest absolute Gasteiger partial charge is 0.465 e. The molecule has 1 aliphatic rings. The second kappa shape index (κ2) is 8.48. The summed E-state index contributed by atoms with van der Waals surface area (Å²) in [5.41, 5.74) is 3.75. The highest BCUT2D eigenvalue weighted by molar-refractivity contribution is 7.99. The van der Waals surface area contributed by atoms with Crippen LogP contribution >= 0.6 is 11.8 Å². The first-order valence-corrected chi connectivity index (χ1v) is 11.0. The van der Waals surface area contributed by atoms with Crippen molar-refractivity contribution < 1.29 is 13.6 Å². The first-order chi connectivity index (χ1) is 15.6. The van der Waals surface area contributed by atoms with E-state index in [9.17, 15) is 9.18 Å². The molecule has 0 unspecified atom stereocenters. The SMILES string of the molecule is Cc1ccc(CNC(=O)c2ccc3c(c2)N=C(c2ccc(F)cc2)c2ccccc2S3)o1. The fourth-order valence-electron chi connectivity index (χ4n) is 3.56. The van der Waals surface area contributed by atoms with E-state index in [0.29, 0.717) is 23.6 Å². The number of halogens is 1. The van der Waals surface area contributed by atoms with E-state index in [1.165, 1.54) is 12.1 Å². The molecule has 1 aromatic heterocycles. The van der Waals surface area contributed by atoms with Gasteiger partial charge < -0.3 is 9.73 Å². The van der Waals surface area contributed by atoms with Crippen molar-refractivity contribution in [1.82, 2.24) is 5.32 Å². The maximum Gasteiger partial charge on any atom is 0.251 e. The van der Waals surface area contributed by atoms with Gasteiger partial charge in [-0.1, -0.05) is 30.0 Å². The van der Waals surface area contributed by atoms with E-state index in [1.54, 1.807) is 36.0 Å². The van der Waals surface area contributed by atoms with Crippen molar-refractivity contribution in [1.29, 1.82) is 0 Å². The number of rotatable bonds is 4. The predicted molar refractivity (Wildman–Crippen MR) is 123 cm³/mol. The van der Waals surface area contributed by atoms with E-state index in [-0.39, 0.29) is 11.7 Å². The number of nitrogens with one attached hydrogen (secondary N) is 1. The van der Waals surface area contributed by atoms with Crippen LogP contribution in [-0.4, -0.2) is 11.6 Å². The van der Waals surface area contributed by atoms with Gasteiger partial charge in [-0.2, -0.15) is 0 Å². The molecule has 5 rings (SSSR count). The third-order valence-electron chi connectivity index (χ3n) is 5.15. The minimum Gasteiger partial charge on any atom is -0.465 e. The number of hydrogen-bond donors (Lipinski definition) is 1. The third-order valence-corrected chi connectivity index (χ3v) is 6.29. The second-order valence-corrected chi connectivity index (χ2v) is 8.53. The zero-order valence-corrected chi connectivity index (χ0v) is 18.1. The number of carbonyl (C=O) groups is 1. The van der Waals surface area contributed by atoms with E-state index in [4.69, 9.17) is 9.41 Å². The third kappa shape index (κ3) is 4.09. The number of amides is 1. The number of hydrogen-bond acceptors (Lipinski definition) is 4. The van der Waals surface area contributed by atoms with Gasteiger partial charge in [0, 0.05) is 26.5 Å². The Hall–Kier alpha value is -3.64. The Kier molecular flexibility index (Phi) is 5.37. The number of carbonyl (C=O) groups excluding carboxylic acids is 1. The van der Waals surface area contributed by atoms with Crippen molar-refractivity contribution in [2.45, 2.75) is 23.3 Å². The number of nitrogens with zero attached hydrogens (tertiary/aromatic N) is 1. The smallest absolute Gasteiger partial charge is 0.251 e. The molecular weight excluding hydrogens is 423 g/mol. The van der Waals surface area contributed by atoms with Gasteiger partial charge in [-0.25, -0.2) is 9.38 Å². The van der Waals surface area contributed by atoms with Crippen LogP contribution < -0.4 is 5.32 Å². The van der Waals surface area contributed by atoms with Crippen LogP contribution in [-0.2, 0) is 6.54 Å². The first kappa shape index (κ1) is 20.3. The molecule has 4 aromatic rings. The lowest BCUT2D eigenvalue weighted by atomic mass is 10.0. The van der Waals surface area contributed by atoms with Crippen molar-refractivity contribution in [3.05, 3.63) is 113 Å². The van der Waals surface area contributed by atoms with Gasteiger partial charge in [-0.15, -0.1) is 0 Å². The summed E-state index contributed by atoms with van der Waals surface area (Å²) >= 11 is 1.60. The Labute approximate surface area is 189 Å². The Morgan fingerprint density at radius 3 is 2.59 bits per heavy atom. The summed E-state index contributed by atoms with van der Waals surface area (Å²) in [6.45, 7) is 2.18. The Morgan fingerprint density at radius 1 is 1.00 bits per heavy atom. The van der Waals surface area contributed by atoms with Gasteiger partial charge in [0.25, 0.3) is 5.91 Å². The molecule has 0 bridgehead atoms. The maximum atomic E-state index is 13.5. The molecule has 0 radical (unpaired) electrons. The van der Waals surface area contributed by atoms with E-state index < -0.39 is 0 Å². The summed E-state index contributed by atoms with van der Waals surface area (Å²) in [7, 11) is 0. The van der Waals surface area contributed by atoms with Crippen LogP contribution in [0.2, 0.25) is 0 Å². The molecular formula is C26H19FN2O2S. The quantitative estimate of drug-likeness (QED) is 0.356. The summed E-state index contributed by atoms with van der Waals surface area (Å²) < 4.78 is 19.0. The molecule has 0 aliphatic carbocycles. The average Bonchev–Trinajstić information content (AvgIpc) is 3.15. The number of fused-ring (bicyclic) bond motifs is 2. The molecule has 4 nitrogen and oxygen atoms in total. The lowest BCUT2D eigenvalue weighted by Crippen LogP contribution is -2.22. The molecule has 1 aliphatic heterocycles. The molecule has 0 saturated carbocycles. The molecule has 0 atom stereocenters. The molecule has 1 amide bonds. The van der Waals surface area contributed by atoms with E-state index >= 15 is 0 Å². The molecule has 0 spiro atoms. The summed E-state index contributed by atoms with van der Waals surface area (Å²) in [4.78, 5) is 19.7. The highest BCUT2D eigenvalue weighted by Gasteiger charge is 2.20. The summed E-state index contributed by atoms with van der Waals surface area (Å²) in [5, 5.41) is 2.89. The van der Waals surface area contributed by atoms with Crippen molar-refractivity contribution in [2.75, 3.05) is 0 Å². The summed E-state index contributed by atoms with van der Waals surface area (Å²) in [5.74, 6) is 1.01. The Bertz CT molecular complexity index is 1340. The Morgan fingerprint density at radius 2 is 1.81 bits per heavy atom. The van der Waals surface area contributed by atoms with Crippen LogP contribution in [0, 0.1) is 12.7 Å². The molecule has 1 N–H and O–H groups in total. The van der Waals surface area contributed by atoms with Crippen LogP contribution in [0.1, 0.15) is 33.0 Å². The van der Waals surface area contributed by atoms with Crippen LogP contribution in [0.15, 0.2) is 98.1 Å². The van der Waals surface area contributed by atoms with Gasteiger partial charge in [0.1, 0.15) is 17.3 Å². The zero-order valence-electron chi connectivity index (χ0n) is 17.3. The van der Waals surface area contributed by atoms with Gasteiger partial charge in [0.15, 0.2) is 0 Å². The molecule has 158 valence electrons. The highest BCUT2D eigenvalue weighted by Crippen LogP contribution is 2.41. The minimum absolute atomic E-state index is 0.202. The van der Waals surface area contributed by atoms with Crippen molar-refractivity contribution in [3.8, 4) is 0 Å². The zero-order chi connectivity index (χ0) is 22.1. The molecule has 3 aromatic carbocycles. The number of aryl methyl sites for hydroxylation is 1. The van der Waals surface area contributed by atoms with E-state index in [0.717, 1.165) is 32.4 Å². The molecule has 2 heterocycles. The Balaban J connectivity index is 1.51. The fraction of sp³-hybridized carbons (Fsp3) is 0.0769. The standard InChI is InChI=1S/C26H19FN2O2S/c1-16-6-12-20(31-16)15-28-26(30)18-9-13-24-22(14-18)29-25(17-7-10-19(27)11-8-17)21-4-2-3-5-23(21)32-24/h2-14H,15H2,1H3,(H,28,30). The normalized spacial score (nSPS) is 12.4. The van der Waals surface area contributed by atoms with Crippen LogP contribution in [0.5, 0.6) is 0 Å². The monoisotopic (exact) mass is 442 g/mol. The van der Waals surface area contributed by atoms with Gasteiger partial charge >= 0.3 is 0 Å². The summed E-state index contributed by atoms with van der Waals surface area (Å²) in [6.07, 6.45) is 0. The topological polar surface area (TPSA) is 54.6 Å².